The number of benzene rings is 4. The summed E-state index contributed by atoms with van der Waals surface area (Å²) in [6.45, 7) is 1.93. The first-order valence-electron chi connectivity index (χ1n) is 14.7. The van der Waals surface area contributed by atoms with Crippen LogP contribution in [-0.4, -0.2) is 24.8 Å². The molecule has 0 saturated carbocycles. The van der Waals surface area contributed by atoms with Gasteiger partial charge in [0.2, 0.25) is 0 Å². The Morgan fingerprint density at radius 1 is 0.705 bits per heavy atom. The van der Waals surface area contributed by atoms with E-state index in [1.165, 1.54) is 0 Å². The number of hydrogen-bond acceptors (Lipinski definition) is 8. The summed E-state index contributed by atoms with van der Waals surface area (Å²) in [5, 5.41) is 0. The van der Waals surface area contributed by atoms with Gasteiger partial charge in [-0.15, -0.1) is 0 Å². The second-order valence-corrected chi connectivity index (χ2v) is 12.2. The van der Waals surface area contributed by atoms with Crippen molar-refractivity contribution in [3.63, 3.8) is 0 Å². The molecular weight excluding hydrogens is 579 g/mol. The fourth-order valence-electron chi connectivity index (χ4n) is 4.69. The summed E-state index contributed by atoms with van der Waals surface area (Å²) in [5.41, 5.74) is 3.34. The minimum absolute atomic E-state index is 0.0428. The Balaban J connectivity index is 1.27. The summed E-state index contributed by atoms with van der Waals surface area (Å²) in [6, 6.07) is 37.7. The molecule has 44 heavy (non-hydrogen) atoms. The van der Waals surface area contributed by atoms with E-state index in [9.17, 15) is 9.36 Å². The summed E-state index contributed by atoms with van der Waals surface area (Å²) >= 11 is 0. The molecule has 1 unspecified atom stereocenters. The zero-order chi connectivity index (χ0) is 30.6. The van der Waals surface area contributed by atoms with Crippen molar-refractivity contribution in [2.24, 2.45) is 5.92 Å². The number of hydrogen-bond donors (Lipinski definition) is 0. The lowest BCUT2D eigenvalue weighted by Gasteiger charge is -2.38. The lowest BCUT2D eigenvalue weighted by atomic mass is 9.97. The summed E-state index contributed by atoms with van der Waals surface area (Å²) in [5.74, 6) is -0.970. The van der Waals surface area contributed by atoms with Crippen LogP contribution in [0.2, 0.25) is 0 Å². The Morgan fingerprint density at radius 2 is 1.18 bits per heavy atom. The van der Waals surface area contributed by atoms with Gasteiger partial charge in [0.05, 0.1) is 37.9 Å². The first-order chi connectivity index (χ1) is 21.5. The van der Waals surface area contributed by atoms with Crippen LogP contribution < -0.4 is 0 Å². The van der Waals surface area contributed by atoms with Gasteiger partial charge in [0.1, 0.15) is 6.61 Å². The highest BCUT2D eigenvalue weighted by Gasteiger charge is 2.39. The van der Waals surface area contributed by atoms with E-state index in [4.69, 9.17) is 27.8 Å². The SMILES string of the molecule is C[C@@H](C(=O)OCc1ccccc1)[C@@H]1C[C@@H](COP(=O)(OCc2ccccc2)OCc2ccccc2)OC(c2ccccc2)O1. The Labute approximate surface area is 258 Å². The Bertz CT molecular complexity index is 1420. The molecule has 1 aliphatic rings. The molecule has 0 aromatic heterocycles. The topological polar surface area (TPSA) is 89.5 Å². The third-order valence-electron chi connectivity index (χ3n) is 7.22. The monoisotopic (exact) mass is 616 g/mol. The molecule has 230 valence electrons. The Hall–Kier alpha value is -3.62. The van der Waals surface area contributed by atoms with E-state index in [-0.39, 0.29) is 32.4 Å². The van der Waals surface area contributed by atoms with Crippen LogP contribution in [0.1, 0.15) is 41.9 Å². The van der Waals surface area contributed by atoms with Crippen LogP contribution in [0.25, 0.3) is 0 Å². The highest BCUT2D eigenvalue weighted by molar-refractivity contribution is 7.48. The maximum absolute atomic E-state index is 13.9. The summed E-state index contributed by atoms with van der Waals surface area (Å²) in [6.07, 6.45) is -1.57. The standard InChI is InChI=1S/C35H37O8P/c1-27(34(36)38-23-28-14-6-2-7-15-28)33-22-32(42-35(43-33)31-20-12-5-13-21-31)26-41-44(37,39-24-29-16-8-3-9-17-29)40-25-30-18-10-4-11-19-30/h2-21,27,32-33,35H,22-26H2,1H3/t27-,32+,33+,35?/m1/s1. The van der Waals surface area contributed by atoms with Gasteiger partial charge in [0, 0.05) is 12.0 Å². The van der Waals surface area contributed by atoms with E-state index >= 15 is 0 Å². The molecule has 0 spiro atoms. The molecule has 5 rings (SSSR count). The second kappa shape index (κ2) is 15.9. The summed E-state index contributed by atoms with van der Waals surface area (Å²) in [4.78, 5) is 13.1. The first kappa shape index (κ1) is 31.8. The van der Waals surface area contributed by atoms with Crippen LogP contribution in [0.4, 0.5) is 0 Å². The number of rotatable bonds is 14. The van der Waals surface area contributed by atoms with Crippen molar-refractivity contribution in [2.75, 3.05) is 6.61 Å². The molecule has 1 heterocycles. The van der Waals surface area contributed by atoms with E-state index in [0.29, 0.717) is 6.42 Å². The number of phosphoric ester groups is 1. The third kappa shape index (κ3) is 9.44. The average molecular weight is 617 g/mol. The molecule has 4 atom stereocenters. The smallest absolute Gasteiger partial charge is 0.461 e. The number of carbonyl (C=O) groups excluding carboxylic acids is 1. The molecule has 4 aromatic rings. The Kier molecular flexibility index (Phi) is 11.5. The normalized spacial score (nSPS) is 19.2. The van der Waals surface area contributed by atoms with Crippen LogP contribution in [0.5, 0.6) is 0 Å². The summed E-state index contributed by atoms with van der Waals surface area (Å²) in [7, 11) is -4.03. The number of carbonyl (C=O) groups is 1. The zero-order valence-corrected chi connectivity index (χ0v) is 25.5. The van der Waals surface area contributed by atoms with Gasteiger partial charge in [0.15, 0.2) is 6.29 Å². The van der Waals surface area contributed by atoms with Gasteiger partial charge in [-0.1, -0.05) is 121 Å². The third-order valence-corrected chi connectivity index (χ3v) is 8.57. The lowest BCUT2D eigenvalue weighted by Crippen LogP contribution is -2.41. The molecule has 8 nitrogen and oxygen atoms in total. The largest absolute Gasteiger partial charge is 0.475 e. The fraction of sp³-hybridized carbons (Fsp3) is 0.286. The maximum atomic E-state index is 13.9. The van der Waals surface area contributed by atoms with Crippen molar-refractivity contribution in [3.8, 4) is 0 Å². The number of ether oxygens (including phenoxy) is 3. The highest BCUT2D eigenvalue weighted by Crippen LogP contribution is 2.51. The van der Waals surface area contributed by atoms with Crippen molar-refractivity contribution in [1.29, 1.82) is 0 Å². The van der Waals surface area contributed by atoms with Crippen LogP contribution in [-0.2, 0) is 57.0 Å². The molecule has 4 aromatic carbocycles. The second-order valence-electron chi connectivity index (χ2n) is 10.6. The van der Waals surface area contributed by atoms with Gasteiger partial charge in [-0.2, -0.15) is 0 Å². The average Bonchev–Trinajstić information content (AvgIpc) is 3.09. The van der Waals surface area contributed by atoms with Gasteiger partial charge in [-0.25, -0.2) is 4.57 Å². The summed E-state index contributed by atoms with van der Waals surface area (Å²) < 4.78 is 49.5. The Morgan fingerprint density at radius 3 is 1.70 bits per heavy atom. The minimum Gasteiger partial charge on any atom is -0.461 e. The van der Waals surface area contributed by atoms with E-state index < -0.39 is 32.2 Å². The van der Waals surface area contributed by atoms with Gasteiger partial charge < -0.3 is 14.2 Å². The molecule has 1 saturated heterocycles. The van der Waals surface area contributed by atoms with Crippen molar-refractivity contribution >= 4 is 13.8 Å². The van der Waals surface area contributed by atoms with E-state index in [2.05, 4.69) is 0 Å². The zero-order valence-electron chi connectivity index (χ0n) is 24.6. The van der Waals surface area contributed by atoms with Crippen LogP contribution >= 0.6 is 7.82 Å². The molecule has 0 bridgehead atoms. The van der Waals surface area contributed by atoms with E-state index in [1.54, 1.807) is 6.92 Å². The van der Waals surface area contributed by atoms with Gasteiger partial charge in [0.25, 0.3) is 0 Å². The van der Waals surface area contributed by atoms with Crippen molar-refractivity contribution in [3.05, 3.63) is 144 Å². The molecular formula is C35H37O8P. The van der Waals surface area contributed by atoms with Gasteiger partial charge in [-0.3, -0.25) is 18.4 Å². The van der Waals surface area contributed by atoms with E-state index in [1.807, 2.05) is 121 Å². The van der Waals surface area contributed by atoms with Crippen molar-refractivity contribution < 1.29 is 37.1 Å². The first-order valence-corrected chi connectivity index (χ1v) is 16.1. The van der Waals surface area contributed by atoms with E-state index in [0.717, 1.165) is 22.3 Å². The predicted octanol–water partition coefficient (Wildman–Crippen LogP) is 7.80. The van der Waals surface area contributed by atoms with Crippen molar-refractivity contribution in [2.45, 2.75) is 51.7 Å². The van der Waals surface area contributed by atoms with Gasteiger partial charge >= 0.3 is 13.8 Å². The lowest BCUT2D eigenvalue weighted by molar-refractivity contribution is -0.262. The van der Waals surface area contributed by atoms with Crippen LogP contribution in [0, 0.1) is 5.92 Å². The van der Waals surface area contributed by atoms with Gasteiger partial charge in [-0.05, 0) is 23.6 Å². The molecule has 0 N–H and O–H groups in total. The predicted molar refractivity (Wildman–Crippen MR) is 165 cm³/mol. The quantitative estimate of drug-likeness (QED) is 0.105. The van der Waals surface area contributed by atoms with Crippen LogP contribution in [0.15, 0.2) is 121 Å². The maximum Gasteiger partial charge on any atom is 0.475 e. The molecule has 1 fully saturated rings. The fourth-order valence-corrected chi connectivity index (χ4v) is 5.87. The molecule has 1 aliphatic heterocycles. The number of esters is 1. The highest BCUT2D eigenvalue weighted by atomic mass is 31.2. The molecule has 0 amide bonds. The number of phosphoric acid groups is 1. The van der Waals surface area contributed by atoms with Crippen LogP contribution in [0.3, 0.4) is 0 Å². The molecule has 0 radical (unpaired) electrons. The molecule has 9 heteroatoms. The van der Waals surface area contributed by atoms with Crippen molar-refractivity contribution in [1.82, 2.24) is 0 Å². The molecule has 0 aliphatic carbocycles. The minimum atomic E-state index is -4.03.